The molecule has 2 unspecified atom stereocenters. The van der Waals surface area contributed by atoms with E-state index in [-0.39, 0.29) is 0 Å². The maximum Gasteiger partial charge on any atom is 0.0431 e. The second-order valence-corrected chi connectivity index (χ2v) is 4.97. The summed E-state index contributed by atoms with van der Waals surface area (Å²) in [6.07, 6.45) is 18.7. The van der Waals surface area contributed by atoms with Crippen LogP contribution in [-0.4, -0.2) is 11.7 Å². The summed E-state index contributed by atoms with van der Waals surface area (Å²) in [5.41, 5.74) is 1.52. The van der Waals surface area contributed by atoms with Crippen molar-refractivity contribution in [1.29, 1.82) is 0 Å². The van der Waals surface area contributed by atoms with Crippen LogP contribution in [0.25, 0.3) is 0 Å². The zero-order valence-electron chi connectivity index (χ0n) is 9.94. The second kappa shape index (κ2) is 6.05. The van der Waals surface area contributed by atoms with Crippen molar-refractivity contribution in [2.45, 2.75) is 38.5 Å². The number of rotatable bonds is 5. The highest BCUT2D eigenvalue weighted by Gasteiger charge is 2.21. The molecule has 0 amide bonds. The predicted molar refractivity (Wildman–Crippen MR) is 68.1 cm³/mol. The Balaban J connectivity index is 1.76. The van der Waals surface area contributed by atoms with Gasteiger partial charge in [-0.15, -0.1) is 0 Å². The average Bonchev–Trinajstić information content (AvgIpc) is 2.34. The molecule has 0 saturated carbocycles. The van der Waals surface area contributed by atoms with Gasteiger partial charge in [0.1, 0.15) is 0 Å². The maximum absolute atomic E-state index is 8.73. The van der Waals surface area contributed by atoms with Crippen molar-refractivity contribution >= 4 is 0 Å². The van der Waals surface area contributed by atoms with Crippen LogP contribution >= 0.6 is 0 Å². The first-order chi connectivity index (χ1) is 7.90. The highest BCUT2D eigenvalue weighted by molar-refractivity contribution is 5.34. The summed E-state index contributed by atoms with van der Waals surface area (Å²) in [5.74, 6) is 1.55. The molecular formula is C15H22O. The summed E-state index contributed by atoms with van der Waals surface area (Å²) in [4.78, 5) is 0. The maximum atomic E-state index is 8.73. The van der Waals surface area contributed by atoms with Gasteiger partial charge in [-0.2, -0.15) is 0 Å². The summed E-state index contributed by atoms with van der Waals surface area (Å²) in [5, 5.41) is 8.73. The summed E-state index contributed by atoms with van der Waals surface area (Å²) in [7, 11) is 0. The van der Waals surface area contributed by atoms with E-state index in [0.717, 1.165) is 12.3 Å². The van der Waals surface area contributed by atoms with E-state index in [1.165, 1.54) is 37.7 Å². The van der Waals surface area contributed by atoms with E-state index in [0.29, 0.717) is 12.5 Å². The van der Waals surface area contributed by atoms with Crippen molar-refractivity contribution in [2.75, 3.05) is 6.61 Å². The first-order valence-electron chi connectivity index (χ1n) is 6.56. The van der Waals surface area contributed by atoms with Crippen molar-refractivity contribution in [2.24, 2.45) is 11.8 Å². The lowest BCUT2D eigenvalue weighted by Crippen LogP contribution is -2.15. The Hall–Kier alpha value is -0.820. The van der Waals surface area contributed by atoms with Crippen LogP contribution in [0.1, 0.15) is 38.5 Å². The average molecular weight is 218 g/mol. The molecule has 0 saturated heterocycles. The van der Waals surface area contributed by atoms with Crippen LogP contribution in [0.5, 0.6) is 0 Å². The Bertz CT molecular complexity index is 299. The lowest BCUT2D eigenvalue weighted by atomic mass is 9.77. The molecule has 1 heteroatoms. The Morgan fingerprint density at radius 3 is 3.00 bits per heavy atom. The lowest BCUT2D eigenvalue weighted by molar-refractivity contribution is 0.278. The topological polar surface area (TPSA) is 20.2 Å². The molecule has 1 nitrogen and oxygen atoms in total. The van der Waals surface area contributed by atoms with Crippen LogP contribution in [0.3, 0.4) is 0 Å². The van der Waals surface area contributed by atoms with Crippen molar-refractivity contribution < 1.29 is 5.11 Å². The van der Waals surface area contributed by atoms with Crippen molar-refractivity contribution in [3.63, 3.8) is 0 Å². The summed E-state index contributed by atoms with van der Waals surface area (Å²) in [6.45, 7) is 0.352. The van der Waals surface area contributed by atoms with Gasteiger partial charge in [0.2, 0.25) is 0 Å². The van der Waals surface area contributed by atoms with Crippen LogP contribution in [0, 0.1) is 11.8 Å². The van der Waals surface area contributed by atoms with Gasteiger partial charge >= 0.3 is 0 Å². The molecule has 0 aromatic heterocycles. The third-order valence-corrected chi connectivity index (χ3v) is 3.72. The first-order valence-corrected chi connectivity index (χ1v) is 6.56. The van der Waals surface area contributed by atoms with Crippen molar-refractivity contribution in [3.8, 4) is 0 Å². The minimum Gasteiger partial charge on any atom is -0.396 e. The molecule has 0 radical (unpaired) electrons. The highest BCUT2D eigenvalue weighted by atomic mass is 16.2. The Morgan fingerprint density at radius 2 is 2.12 bits per heavy atom. The minimum atomic E-state index is 0.352. The van der Waals surface area contributed by atoms with E-state index in [9.17, 15) is 0 Å². The molecular weight excluding hydrogens is 196 g/mol. The van der Waals surface area contributed by atoms with Crippen LogP contribution < -0.4 is 0 Å². The Kier molecular flexibility index (Phi) is 4.41. The number of hydrogen-bond acceptors (Lipinski definition) is 1. The van der Waals surface area contributed by atoms with Gasteiger partial charge < -0.3 is 5.11 Å². The first kappa shape index (κ1) is 11.7. The lowest BCUT2D eigenvalue weighted by Gasteiger charge is -2.28. The molecule has 0 aromatic rings. The van der Waals surface area contributed by atoms with Gasteiger partial charge in [-0.05, 0) is 30.8 Å². The van der Waals surface area contributed by atoms with Crippen LogP contribution in [0.2, 0.25) is 0 Å². The van der Waals surface area contributed by atoms with Crippen LogP contribution in [-0.2, 0) is 0 Å². The Labute approximate surface area is 98.6 Å². The van der Waals surface area contributed by atoms with E-state index in [1.807, 2.05) is 0 Å². The van der Waals surface area contributed by atoms with Gasteiger partial charge in [0, 0.05) is 12.5 Å². The van der Waals surface area contributed by atoms with Gasteiger partial charge in [0.05, 0.1) is 0 Å². The third-order valence-electron chi connectivity index (χ3n) is 3.72. The SMILES string of the molecule is OCCCCCC1CC=C2C=CC=CC2C1. The Morgan fingerprint density at radius 1 is 1.19 bits per heavy atom. The van der Waals surface area contributed by atoms with E-state index in [4.69, 9.17) is 5.11 Å². The molecule has 0 spiro atoms. The zero-order chi connectivity index (χ0) is 11.2. The second-order valence-electron chi connectivity index (χ2n) is 4.97. The fourth-order valence-electron chi connectivity index (χ4n) is 2.75. The fourth-order valence-corrected chi connectivity index (χ4v) is 2.75. The number of unbranched alkanes of at least 4 members (excludes halogenated alkanes) is 2. The molecule has 2 aliphatic carbocycles. The normalized spacial score (nSPS) is 27.7. The molecule has 2 aliphatic rings. The van der Waals surface area contributed by atoms with Gasteiger partial charge in [0.15, 0.2) is 0 Å². The molecule has 1 N–H and O–H groups in total. The van der Waals surface area contributed by atoms with Gasteiger partial charge in [-0.3, -0.25) is 0 Å². The third kappa shape index (κ3) is 3.08. The molecule has 0 aromatic carbocycles. The van der Waals surface area contributed by atoms with Crippen LogP contribution in [0.15, 0.2) is 36.0 Å². The van der Waals surface area contributed by atoms with E-state index in [2.05, 4.69) is 30.4 Å². The molecule has 88 valence electrons. The molecule has 2 rings (SSSR count). The van der Waals surface area contributed by atoms with Crippen molar-refractivity contribution in [3.05, 3.63) is 36.0 Å². The number of hydrogen-bond donors (Lipinski definition) is 1. The van der Waals surface area contributed by atoms with E-state index in [1.54, 1.807) is 0 Å². The van der Waals surface area contributed by atoms with Crippen molar-refractivity contribution in [1.82, 2.24) is 0 Å². The van der Waals surface area contributed by atoms with E-state index < -0.39 is 0 Å². The quantitative estimate of drug-likeness (QED) is 0.699. The van der Waals surface area contributed by atoms with E-state index >= 15 is 0 Å². The number of fused-ring (bicyclic) bond motifs is 1. The van der Waals surface area contributed by atoms with Crippen LogP contribution in [0.4, 0.5) is 0 Å². The molecule has 0 fully saturated rings. The van der Waals surface area contributed by atoms with Gasteiger partial charge in [-0.25, -0.2) is 0 Å². The van der Waals surface area contributed by atoms with Gasteiger partial charge in [0.25, 0.3) is 0 Å². The molecule has 0 heterocycles. The standard InChI is InChI=1S/C15H22O/c16-11-5-1-2-6-13-9-10-14-7-3-4-8-15(14)12-13/h3-4,7-8,10,13,15-16H,1-2,5-6,9,11-12H2. The minimum absolute atomic E-state index is 0.352. The molecule has 16 heavy (non-hydrogen) atoms. The number of aliphatic hydroxyl groups excluding tert-OH is 1. The van der Waals surface area contributed by atoms with Gasteiger partial charge in [-0.1, -0.05) is 49.6 Å². The number of aliphatic hydroxyl groups is 1. The monoisotopic (exact) mass is 218 g/mol. The zero-order valence-corrected chi connectivity index (χ0v) is 9.94. The summed E-state index contributed by atoms with van der Waals surface area (Å²) in [6, 6.07) is 0. The summed E-state index contributed by atoms with van der Waals surface area (Å²) < 4.78 is 0. The number of allylic oxidation sites excluding steroid dienone is 6. The molecule has 0 aliphatic heterocycles. The smallest absolute Gasteiger partial charge is 0.0431 e. The fraction of sp³-hybridized carbons (Fsp3) is 0.600. The molecule has 2 atom stereocenters. The predicted octanol–water partition coefficient (Wildman–Crippen LogP) is 3.62. The molecule has 0 bridgehead atoms. The summed E-state index contributed by atoms with van der Waals surface area (Å²) >= 11 is 0. The largest absolute Gasteiger partial charge is 0.396 e. The highest BCUT2D eigenvalue weighted by Crippen LogP contribution is 2.35.